The molecular weight excluding hydrogens is 270 g/mol. The van der Waals surface area contributed by atoms with E-state index in [2.05, 4.69) is 16.7 Å². The van der Waals surface area contributed by atoms with E-state index in [0.29, 0.717) is 5.92 Å². The first-order valence-electron chi connectivity index (χ1n) is 8.32. The summed E-state index contributed by atoms with van der Waals surface area (Å²) in [5, 5.41) is 9.73. The van der Waals surface area contributed by atoms with Crippen LogP contribution in [0.5, 0.6) is 0 Å². The molecule has 0 aromatic heterocycles. The summed E-state index contributed by atoms with van der Waals surface area (Å²) in [5.74, 6) is 3.07. The van der Waals surface area contributed by atoms with Crippen molar-refractivity contribution in [3.05, 3.63) is 0 Å². The minimum atomic E-state index is -0.131. The zero-order valence-corrected chi connectivity index (χ0v) is 13.5. The van der Waals surface area contributed by atoms with Crippen molar-refractivity contribution in [2.75, 3.05) is 31.2 Å². The van der Waals surface area contributed by atoms with Gasteiger partial charge >= 0.3 is 0 Å². The minimum Gasteiger partial charge on any atom is -0.393 e. The third-order valence-electron chi connectivity index (χ3n) is 5.64. The fourth-order valence-electron chi connectivity index (χ4n) is 4.17. The van der Waals surface area contributed by atoms with Gasteiger partial charge in [-0.3, -0.25) is 0 Å². The van der Waals surface area contributed by atoms with E-state index in [1.54, 1.807) is 0 Å². The Labute approximate surface area is 127 Å². The molecule has 20 heavy (non-hydrogen) atoms. The topological polar surface area (TPSA) is 32.7 Å². The van der Waals surface area contributed by atoms with Crippen LogP contribution in [0.2, 0.25) is 0 Å². The second kappa shape index (κ2) is 6.55. The molecule has 1 spiro atoms. The van der Waals surface area contributed by atoms with Crippen LogP contribution in [0.15, 0.2) is 0 Å². The van der Waals surface area contributed by atoms with Crippen LogP contribution in [0.25, 0.3) is 0 Å². The summed E-state index contributed by atoms with van der Waals surface area (Å²) in [5.41, 5.74) is 0.204. The van der Waals surface area contributed by atoms with Crippen LogP contribution in [-0.4, -0.2) is 59.0 Å². The van der Waals surface area contributed by atoms with Gasteiger partial charge < -0.3 is 14.7 Å². The van der Waals surface area contributed by atoms with E-state index in [-0.39, 0.29) is 11.7 Å². The number of likely N-dealkylation sites (tertiary alicyclic amines) is 1. The molecule has 0 aromatic rings. The number of nitrogens with zero attached hydrogens (tertiary/aromatic N) is 1. The molecule has 3 aliphatic rings. The van der Waals surface area contributed by atoms with E-state index in [4.69, 9.17) is 4.74 Å². The van der Waals surface area contributed by atoms with Gasteiger partial charge in [0.15, 0.2) is 0 Å². The second-order valence-corrected chi connectivity index (χ2v) is 8.13. The van der Waals surface area contributed by atoms with Gasteiger partial charge in [0.05, 0.1) is 11.7 Å². The van der Waals surface area contributed by atoms with Crippen LogP contribution in [-0.2, 0) is 4.74 Å². The molecule has 116 valence electrons. The van der Waals surface area contributed by atoms with Crippen LogP contribution in [0, 0.1) is 5.92 Å². The van der Waals surface area contributed by atoms with Gasteiger partial charge in [-0.2, -0.15) is 11.8 Å². The third kappa shape index (κ3) is 3.34. The summed E-state index contributed by atoms with van der Waals surface area (Å²) >= 11 is 2.08. The van der Waals surface area contributed by atoms with E-state index in [1.165, 1.54) is 50.3 Å². The Morgan fingerprint density at radius 3 is 2.55 bits per heavy atom. The summed E-state index contributed by atoms with van der Waals surface area (Å²) in [6.45, 7) is 5.24. The highest BCUT2D eigenvalue weighted by Gasteiger charge is 2.41. The fraction of sp³-hybridized carbons (Fsp3) is 1.00. The van der Waals surface area contributed by atoms with Gasteiger partial charge in [0, 0.05) is 12.6 Å². The van der Waals surface area contributed by atoms with Gasteiger partial charge in [-0.15, -0.1) is 0 Å². The summed E-state index contributed by atoms with van der Waals surface area (Å²) in [4.78, 5) is 2.69. The molecule has 3 nitrogen and oxygen atoms in total. The molecule has 4 heteroatoms. The predicted octanol–water partition coefficient (Wildman–Crippen LogP) is 2.52. The Morgan fingerprint density at radius 1 is 1.20 bits per heavy atom. The van der Waals surface area contributed by atoms with Gasteiger partial charge in [0.1, 0.15) is 0 Å². The van der Waals surface area contributed by atoms with E-state index in [0.717, 1.165) is 25.5 Å². The van der Waals surface area contributed by atoms with Gasteiger partial charge in [0.25, 0.3) is 0 Å². The molecule has 3 saturated heterocycles. The molecule has 0 radical (unpaired) electrons. The molecule has 0 aliphatic carbocycles. The minimum absolute atomic E-state index is 0.131. The summed E-state index contributed by atoms with van der Waals surface area (Å²) in [6, 6.07) is 0.724. The van der Waals surface area contributed by atoms with Gasteiger partial charge in [-0.25, -0.2) is 0 Å². The molecule has 3 rings (SSSR count). The molecule has 3 aliphatic heterocycles. The van der Waals surface area contributed by atoms with Crippen LogP contribution < -0.4 is 0 Å². The van der Waals surface area contributed by atoms with E-state index < -0.39 is 0 Å². The van der Waals surface area contributed by atoms with Crippen LogP contribution in [0.1, 0.15) is 45.4 Å². The second-order valence-electron chi connectivity index (χ2n) is 6.90. The average Bonchev–Trinajstić information content (AvgIpc) is 2.48. The molecule has 0 bridgehead atoms. The lowest BCUT2D eigenvalue weighted by Gasteiger charge is -2.48. The SMILES string of the molecule is CC(O)C1CCN(C2CCOC3(CCSCC3)C2)CC1. The monoisotopic (exact) mass is 299 g/mol. The number of piperidine rings is 1. The van der Waals surface area contributed by atoms with Crippen molar-refractivity contribution in [1.82, 2.24) is 4.90 Å². The summed E-state index contributed by atoms with van der Waals surface area (Å²) in [6.07, 6.45) is 7.14. The Kier molecular flexibility index (Phi) is 4.96. The van der Waals surface area contributed by atoms with Crippen LogP contribution in [0.3, 0.4) is 0 Å². The lowest BCUT2D eigenvalue weighted by atomic mass is 9.83. The molecule has 0 aromatic carbocycles. The van der Waals surface area contributed by atoms with Gasteiger partial charge in [-0.1, -0.05) is 0 Å². The zero-order chi connectivity index (χ0) is 14.0. The van der Waals surface area contributed by atoms with Crippen molar-refractivity contribution in [3.63, 3.8) is 0 Å². The summed E-state index contributed by atoms with van der Waals surface area (Å²) < 4.78 is 6.21. The van der Waals surface area contributed by atoms with Crippen LogP contribution in [0.4, 0.5) is 0 Å². The molecule has 3 heterocycles. The predicted molar refractivity (Wildman–Crippen MR) is 84.2 cm³/mol. The first-order valence-corrected chi connectivity index (χ1v) is 9.48. The Hall–Kier alpha value is 0.230. The fourth-order valence-corrected chi connectivity index (χ4v) is 5.41. The normalized spacial score (nSPS) is 34.2. The standard InChI is InChI=1S/C16H29NO2S/c1-13(18)14-2-7-17(8-3-14)15-4-9-19-16(12-15)5-10-20-11-6-16/h13-15,18H,2-12H2,1H3. The lowest BCUT2D eigenvalue weighted by Crippen LogP contribution is -2.52. The van der Waals surface area contributed by atoms with Crippen LogP contribution >= 0.6 is 11.8 Å². The molecular formula is C16H29NO2S. The number of ether oxygens (including phenoxy) is 1. The molecule has 2 unspecified atom stereocenters. The summed E-state index contributed by atoms with van der Waals surface area (Å²) in [7, 11) is 0. The zero-order valence-electron chi connectivity index (χ0n) is 12.7. The molecule has 2 atom stereocenters. The lowest BCUT2D eigenvalue weighted by molar-refractivity contribution is -0.114. The first kappa shape index (κ1) is 15.1. The smallest absolute Gasteiger partial charge is 0.0713 e. The van der Waals surface area contributed by atoms with Crippen molar-refractivity contribution >= 4 is 11.8 Å². The van der Waals surface area contributed by atoms with Crippen molar-refractivity contribution in [1.29, 1.82) is 0 Å². The molecule has 0 amide bonds. The largest absolute Gasteiger partial charge is 0.393 e. The maximum absolute atomic E-state index is 9.73. The molecule has 0 saturated carbocycles. The van der Waals surface area contributed by atoms with Crippen molar-refractivity contribution in [3.8, 4) is 0 Å². The number of hydrogen-bond acceptors (Lipinski definition) is 4. The highest BCUT2D eigenvalue weighted by atomic mass is 32.2. The Balaban J connectivity index is 1.55. The Bertz CT molecular complexity index is 304. The number of hydrogen-bond donors (Lipinski definition) is 1. The number of rotatable bonds is 2. The maximum Gasteiger partial charge on any atom is 0.0713 e. The maximum atomic E-state index is 9.73. The van der Waals surface area contributed by atoms with Gasteiger partial charge in [0.2, 0.25) is 0 Å². The Morgan fingerprint density at radius 2 is 1.90 bits per heavy atom. The quantitative estimate of drug-likeness (QED) is 0.849. The number of thioether (sulfide) groups is 1. The van der Waals surface area contributed by atoms with Gasteiger partial charge in [-0.05, 0) is 76.0 Å². The molecule has 1 N–H and O–H groups in total. The van der Waals surface area contributed by atoms with Crippen molar-refractivity contribution in [2.45, 2.75) is 63.2 Å². The van der Waals surface area contributed by atoms with Crippen molar-refractivity contribution < 1.29 is 9.84 Å². The first-order chi connectivity index (χ1) is 9.69. The van der Waals surface area contributed by atoms with Crippen molar-refractivity contribution in [2.24, 2.45) is 5.92 Å². The third-order valence-corrected chi connectivity index (χ3v) is 6.63. The van der Waals surface area contributed by atoms with E-state index in [9.17, 15) is 5.11 Å². The van der Waals surface area contributed by atoms with E-state index in [1.807, 2.05) is 6.92 Å². The highest BCUT2D eigenvalue weighted by molar-refractivity contribution is 7.99. The molecule has 3 fully saturated rings. The van der Waals surface area contributed by atoms with E-state index >= 15 is 0 Å². The number of aliphatic hydroxyl groups excluding tert-OH is 1. The number of aliphatic hydroxyl groups is 1. The highest BCUT2D eigenvalue weighted by Crippen LogP contribution is 2.39. The average molecular weight is 299 g/mol.